The van der Waals surface area contributed by atoms with Crippen LogP contribution in [-0.2, 0) is 19.6 Å². The minimum Gasteiger partial charge on any atom is -0.379 e. The second kappa shape index (κ2) is 7.87. The number of amides is 1. The molecule has 26 heavy (non-hydrogen) atoms. The number of carbonyl (C=O) groups excluding carboxylic acids is 1. The number of nitrogens with zero attached hydrogens (tertiary/aromatic N) is 3. The molecule has 1 aromatic carbocycles. The molecule has 8 nitrogen and oxygen atoms in total. The van der Waals surface area contributed by atoms with Gasteiger partial charge in [0.2, 0.25) is 15.9 Å². The van der Waals surface area contributed by atoms with Gasteiger partial charge in [-0.1, -0.05) is 0 Å². The number of benzene rings is 1. The van der Waals surface area contributed by atoms with Gasteiger partial charge in [0.25, 0.3) is 0 Å². The quantitative estimate of drug-likeness (QED) is 0.762. The van der Waals surface area contributed by atoms with E-state index in [1.807, 2.05) is 0 Å². The largest absolute Gasteiger partial charge is 0.379 e. The summed E-state index contributed by atoms with van der Waals surface area (Å²) in [4.78, 5) is 12.5. The van der Waals surface area contributed by atoms with E-state index in [0.717, 1.165) is 4.47 Å². The topological polar surface area (TPSA) is 93.5 Å². The Hall–Kier alpha value is -1.75. The fourth-order valence-corrected chi connectivity index (χ4v) is 4.25. The van der Waals surface area contributed by atoms with Crippen molar-refractivity contribution in [2.75, 3.05) is 31.6 Å². The van der Waals surface area contributed by atoms with Crippen molar-refractivity contribution in [3.8, 4) is 0 Å². The van der Waals surface area contributed by atoms with Crippen LogP contribution in [0.3, 0.4) is 0 Å². The summed E-state index contributed by atoms with van der Waals surface area (Å²) in [7, 11) is -3.54. The van der Waals surface area contributed by atoms with Crippen LogP contribution in [0.25, 0.3) is 0 Å². The van der Waals surface area contributed by atoms with E-state index in [-0.39, 0.29) is 10.8 Å². The molecule has 1 saturated heterocycles. The molecular formula is C16H19BrN4O4S. The maximum atomic E-state index is 12.6. The molecule has 1 N–H and O–H groups in total. The third-order valence-corrected chi connectivity index (χ3v) is 6.40. The third kappa shape index (κ3) is 4.14. The van der Waals surface area contributed by atoms with Crippen LogP contribution in [0.15, 0.2) is 46.0 Å². The lowest BCUT2D eigenvalue weighted by molar-refractivity contribution is -0.119. The first-order valence-corrected chi connectivity index (χ1v) is 10.3. The molecule has 0 saturated carbocycles. The van der Waals surface area contributed by atoms with Crippen LogP contribution in [0.5, 0.6) is 0 Å². The van der Waals surface area contributed by atoms with Gasteiger partial charge in [-0.3, -0.25) is 9.48 Å². The number of rotatable bonds is 5. The van der Waals surface area contributed by atoms with E-state index in [1.54, 1.807) is 31.5 Å². The van der Waals surface area contributed by atoms with Gasteiger partial charge in [-0.2, -0.15) is 9.40 Å². The number of halogens is 1. The second-order valence-corrected chi connectivity index (χ2v) is 8.70. The predicted octanol–water partition coefficient (Wildman–Crippen LogP) is 1.87. The average molecular weight is 443 g/mol. The number of carbonyl (C=O) groups is 1. The molecular weight excluding hydrogens is 424 g/mol. The number of hydrogen-bond acceptors (Lipinski definition) is 5. The van der Waals surface area contributed by atoms with Crippen LogP contribution in [0.2, 0.25) is 0 Å². The zero-order valence-electron chi connectivity index (χ0n) is 14.1. The van der Waals surface area contributed by atoms with Gasteiger partial charge in [0.05, 0.1) is 28.8 Å². The molecule has 1 aliphatic heterocycles. The normalized spacial score (nSPS) is 17.0. The first kappa shape index (κ1) is 19.0. The Kier molecular flexibility index (Phi) is 5.76. The SMILES string of the molecule is CC(C(=O)Nc1ccc(S(=O)(=O)N2CCOCC2)cc1)n1cc(Br)cn1. The Bertz CT molecular complexity index is 876. The van der Waals surface area contributed by atoms with Gasteiger partial charge in [-0.15, -0.1) is 0 Å². The van der Waals surface area contributed by atoms with E-state index in [9.17, 15) is 13.2 Å². The van der Waals surface area contributed by atoms with E-state index in [4.69, 9.17) is 4.74 Å². The molecule has 1 fully saturated rings. The van der Waals surface area contributed by atoms with Gasteiger partial charge in [0.1, 0.15) is 6.04 Å². The maximum Gasteiger partial charge on any atom is 0.248 e. The number of nitrogens with one attached hydrogen (secondary N) is 1. The smallest absolute Gasteiger partial charge is 0.248 e. The number of sulfonamides is 1. The monoisotopic (exact) mass is 442 g/mol. The lowest BCUT2D eigenvalue weighted by Crippen LogP contribution is -2.40. The zero-order chi connectivity index (χ0) is 18.7. The summed E-state index contributed by atoms with van der Waals surface area (Å²) in [5.41, 5.74) is 0.522. The number of anilines is 1. The highest BCUT2D eigenvalue weighted by atomic mass is 79.9. The lowest BCUT2D eigenvalue weighted by atomic mass is 10.2. The van der Waals surface area contributed by atoms with Crippen LogP contribution in [0.1, 0.15) is 13.0 Å². The van der Waals surface area contributed by atoms with Crippen LogP contribution in [0, 0.1) is 0 Å². The highest BCUT2D eigenvalue weighted by Gasteiger charge is 2.26. The Labute approximate surface area is 160 Å². The summed E-state index contributed by atoms with van der Waals surface area (Å²) in [6.45, 7) is 3.21. The molecule has 1 atom stereocenters. The Morgan fingerprint density at radius 2 is 1.92 bits per heavy atom. The minimum atomic E-state index is -3.54. The first-order chi connectivity index (χ1) is 12.4. The van der Waals surface area contributed by atoms with Crippen molar-refractivity contribution in [2.45, 2.75) is 17.9 Å². The van der Waals surface area contributed by atoms with Crippen LogP contribution >= 0.6 is 15.9 Å². The summed E-state index contributed by atoms with van der Waals surface area (Å²) in [5, 5.41) is 6.85. The number of morpholine rings is 1. The van der Waals surface area contributed by atoms with Crippen LogP contribution in [0.4, 0.5) is 5.69 Å². The Morgan fingerprint density at radius 3 is 2.50 bits per heavy atom. The van der Waals surface area contributed by atoms with Gasteiger partial charge in [-0.05, 0) is 47.1 Å². The molecule has 3 rings (SSSR count). The minimum absolute atomic E-state index is 0.196. The van der Waals surface area contributed by atoms with Crippen molar-refractivity contribution in [1.29, 1.82) is 0 Å². The second-order valence-electron chi connectivity index (χ2n) is 5.84. The lowest BCUT2D eigenvalue weighted by Gasteiger charge is -2.26. The third-order valence-electron chi connectivity index (χ3n) is 4.08. The van der Waals surface area contributed by atoms with Gasteiger partial charge < -0.3 is 10.1 Å². The molecule has 0 spiro atoms. The fourth-order valence-electron chi connectivity index (χ4n) is 2.54. The van der Waals surface area contributed by atoms with E-state index < -0.39 is 16.1 Å². The van der Waals surface area contributed by atoms with Gasteiger partial charge in [0.15, 0.2) is 0 Å². The molecule has 1 aliphatic rings. The van der Waals surface area contributed by atoms with Crippen molar-refractivity contribution in [3.05, 3.63) is 41.1 Å². The van der Waals surface area contributed by atoms with E-state index in [0.29, 0.717) is 32.0 Å². The Balaban J connectivity index is 1.68. The van der Waals surface area contributed by atoms with Crippen molar-refractivity contribution in [3.63, 3.8) is 0 Å². The summed E-state index contributed by atoms with van der Waals surface area (Å²) >= 11 is 3.29. The summed E-state index contributed by atoms with van der Waals surface area (Å²) in [6.07, 6.45) is 3.32. The van der Waals surface area contributed by atoms with Crippen LogP contribution in [-0.4, -0.2) is 54.7 Å². The predicted molar refractivity (Wildman–Crippen MR) is 99.3 cm³/mol. The summed E-state index contributed by atoms with van der Waals surface area (Å²) in [6, 6.07) is 5.65. The Morgan fingerprint density at radius 1 is 1.27 bits per heavy atom. The van der Waals surface area contributed by atoms with E-state index in [1.165, 1.54) is 21.1 Å². The molecule has 2 aromatic rings. The van der Waals surface area contributed by atoms with Crippen molar-refractivity contribution in [2.24, 2.45) is 0 Å². The zero-order valence-corrected chi connectivity index (χ0v) is 16.5. The van der Waals surface area contributed by atoms with Crippen molar-refractivity contribution in [1.82, 2.24) is 14.1 Å². The standard InChI is InChI=1S/C16H19BrN4O4S/c1-12(21-11-13(17)10-18-21)16(22)19-14-2-4-15(5-3-14)26(23,24)20-6-8-25-9-7-20/h2-5,10-12H,6-9H2,1H3,(H,19,22). The van der Waals surface area contributed by atoms with E-state index in [2.05, 4.69) is 26.3 Å². The molecule has 2 heterocycles. The van der Waals surface area contributed by atoms with Crippen LogP contribution < -0.4 is 5.32 Å². The highest BCUT2D eigenvalue weighted by molar-refractivity contribution is 9.10. The molecule has 140 valence electrons. The number of hydrogen-bond donors (Lipinski definition) is 1. The maximum absolute atomic E-state index is 12.6. The van der Waals surface area contributed by atoms with Crippen molar-refractivity contribution < 1.29 is 17.9 Å². The summed E-state index contributed by atoms with van der Waals surface area (Å²) < 4.78 is 34.1. The van der Waals surface area contributed by atoms with Crippen molar-refractivity contribution >= 4 is 37.5 Å². The summed E-state index contributed by atoms with van der Waals surface area (Å²) in [5.74, 6) is -0.246. The molecule has 1 aromatic heterocycles. The highest BCUT2D eigenvalue weighted by Crippen LogP contribution is 2.20. The molecule has 0 bridgehead atoms. The number of aromatic nitrogens is 2. The van der Waals surface area contributed by atoms with Gasteiger partial charge in [-0.25, -0.2) is 8.42 Å². The molecule has 0 aliphatic carbocycles. The molecule has 1 amide bonds. The fraction of sp³-hybridized carbons (Fsp3) is 0.375. The molecule has 10 heteroatoms. The number of ether oxygens (including phenoxy) is 1. The first-order valence-electron chi connectivity index (χ1n) is 8.06. The van der Waals surface area contributed by atoms with Gasteiger partial charge >= 0.3 is 0 Å². The molecule has 1 unspecified atom stereocenters. The van der Waals surface area contributed by atoms with E-state index >= 15 is 0 Å². The average Bonchev–Trinajstić information content (AvgIpc) is 3.08. The molecule has 0 radical (unpaired) electrons. The van der Waals surface area contributed by atoms with Gasteiger partial charge in [0, 0.05) is 25.0 Å².